The lowest BCUT2D eigenvalue weighted by Crippen LogP contribution is -2.39. The molecular formula is C12H22N2O. The Labute approximate surface area is 91.8 Å². The Morgan fingerprint density at radius 3 is 2.47 bits per heavy atom. The molecule has 0 aromatic heterocycles. The van der Waals surface area contributed by atoms with Crippen molar-refractivity contribution in [3.63, 3.8) is 0 Å². The number of rotatable bonds is 4. The van der Waals surface area contributed by atoms with E-state index in [-0.39, 0.29) is 11.9 Å². The van der Waals surface area contributed by atoms with Crippen molar-refractivity contribution in [1.29, 1.82) is 0 Å². The first-order chi connectivity index (χ1) is 7.25. The van der Waals surface area contributed by atoms with Crippen molar-refractivity contribution in [3.05, 3.63) is 0 Å². The summed E-state index contributed by atoms with van der Waals surface area (Å²) in [6.45, 7) is 0. The van der Waals surface area contributed by atoms with Gasteiger partial charge >= 0.3 is 0 Å². The van der Waals surface area contributed by atoms with Gasteiger partial charge in [0.2, 0.25) is 5.91 Å². The molecule has 3 nitrogen and oxygen atoms in total. The first-order valence-corrected chi connectivity index (χ1v) is 6.30. The normalized spacial score (nSPS) is 24.9. The van der Waals surface area contributed by atoms with Crippen molar-refractivity contribution in [2.75, 3.05) is 0 Å². The summed E-state index contributed by atoms with van der Waals surface area (Å²) in [4.78, 5) is 11.7. The molecule has 0 aromatic carbocycles. The Hall–Kier alpha value is -0.570. The molecule has 86 valence electrons. The highest BCUT2D eigenvalue weighted by molar-refractivity contribution is 5.77. The van der Waals surface area contributed by atoms with Crippen LogP contribution in [-0.4, -0.2) is 18.0 Å². The lowest BCUT2D eigenvalue weighted by Gasteiger charge is -2.23. The quantitative estimate of drug-likeness (QED) is 0.740. The van der Waals surface area contributed by atoms with Crippen LogP contribution in [0.2, 0.25) is 0 Å². The van der Waals surface area contributed by atoms with E-state index >= 15 is 0 Å². The number of amides is 1. The molecule has 2 rings (SSSR count). The molecule has 0 bridgehead atoms. The zero-order valence-corrected chi connectivity index (χ0v) is 9.37. The van der Waals surface area contributed by atoms with Gasteiger partial charge in [0.05, 0.1) is 0 Å². The number of carbonyl (C=O) groups is 1. The second-order valence-electron chi connectivity index (χ2n) is 5.11. The lowest BCUT2D eigenvalue weighted by atomic mass is 9.95. The molecule has 2 aliphatic rings. The summed E-state index contributed by atoms with van der Waals surface area (Å²) in [5.41, 5.74) is 5.92. The van der Waals surface area contributed by atoms with E-state index in [0.717, 1.165) is 12.8 Å². The number of nitrogens with two attached hydrogens (primary N) is 1. The third-order valence-electron chi connectivity index (χ3n) is 3.62. The Morgan fingerprint density at radius 2 is 1.87 bits per heavy atom. The van der Waals surface area contributed by atoms with Crippen LogP contribution in [0.15, 0.2) is 0 Å². The van der Waals surface area contributed by atoms with Crippen molar-refractivity contribution in [1.82, 2.24) is 5.32 Å². The van der Waals surface area contributed by atoms with E-state index < -0.39 is 0 Å². The second-order valence-corrected chi connectivity index (χ2v) is 5.11. The third-order valence-corrected chi connectivity index (χ3v) is 3.62. The van der Waals surface area contributed by atoms with E-state index in [1.807, 2.05) is 0 Å². The fourth-order valence-corrected chi connectivity index (χ4v) is 2.44. The predicted molar refractivity (Wildman–Crippen MR) is 60.3 cm³/mol. The van der Waals surface area contributed by atoms with Crippen LogP contribution in [0.3, 0.4) is 0 Å². The monoisotopic (exact) mass is 210 g/mol. The standard InChI is InChI=1S/C12H22N2O/c13-11(9-6-7-9)8-12(15)14-10-4-2-1-3-5-10/h9-11H,1-8,13H2,(H,14,15). The molecule has 2 aliphatic carbocycles. The van der Waals surface area contributed by atoms with Crippen LogP contribution in [-0.2, 0) is 4.79 Å². The van der Waals surface area contributed by atoms with Gasteiger partial charge in [0.1, 0.15) is 0 Å². The fraction of sp³-hybridized carbons (Fsp3) is 0.917. The molecule has 3 N–H and O–H groups in total. The van der Waals surface area contributed by atoms with Crippen LogP contribution in [0.5, 0.6) is 0 Å². The van der Waals surface area contributed by atoms with Crippen molar-refractivity contribution in [3.8, 4) is 0 Å². The molecule has 1 atom stereocenters. The highest BCUT2D eigenvalue weighted by Crippen LogP contribution is 2.32. The van der Waals surface area contributed by atoms with Crippen molar-refractivity contribution in [2.24, 2.45) is 11.7 Å². The van der Waals surface area contributed by atoms with Gasteiger partial charge in [0.25, 0.3) is 0 Å². The Kier molecular flexibility index (Phi) is 3.62. The Morgan fingerprint density at radius 1 is 1.20 bits per heavy atom. The summed E-state index contributed by atoms with van der Waals surface area (Å²) in [6, 6.07) is 0.534. The van der Waals surface area contributed by atoms with Gasteiger partial charge in [0, 0.05) is 18.5 Å². The molecule has 2 fully saturated rings. The van der Waals surface area contributed by atoms with Crippen molar-refractivity contribution < 1.29 is 4.79 Å². The third kappa shape index (κ3) is 3.49. The first kappa shape index (κ1) is 10.9. The van der Waals surface area contributed by atoms with Crippen LogP contribution in [0.25, 0.3) is 0 Å². The Balaban J connectivity index is 1.66. The molecule has 0 aromatic rings. The molecule has 0 saturated heterocycles. The maximum absolute atomic E-state index is 11.7. The molecule has 0 heterocycles. The van der Waals surface area contributed by atoms with Gasteiger partial charge in [-0.15, -0.1) is 0 Å². The van der Waals surface area contributed by atoms with Gasteiger partial charge in [-0.3, -0.25) is 4.79 Å². The van der Waals surface area contributed by atoms with E-state index in [9.17, 15) is 4.79 Å². The SMILES string of the molecule is NC(CC(=O)NC1CCCCC1)C1CC1. The van der Waals surface area contributed by atoms with Gasteiger partial charge in [0.15, 0.2) is 0 Å². The van der Waals surface area contributed by atoms with E-state index in [1.165, 1.54) is 32.1 Å². The summed E-state index contributed by atoms with van der Waals surface area (Å²) in [7, 11) is 0. The molecule has 1 unspecified atom stereocenters. The van der Waals surface area contributed by atoms with Gasteiger partial charge in [-0.25, -0.2) is 0 Å². The Bertz CT molecular complexity index is 220. The minimum Gasteiger partial charge on any atom is -0.353 e. The van der Waals surface area contributed by atoms with Crippen LogP contribution >= 0.6 is 0 Å². The first-order valence-electron chi connectivity index (χ1n) is 6.30. The molecule has 1 amide bonds. The highest BCUT2D eigenvalue weighted by atomic mass is 16.1. The molecule has 0 spiro atoms. The summed E-state index contributed by atoms with van der Waals surface area (Å²) in [5.74, 6) is 0.795. The van der Waals surface area contributed by atoms with Gasteiger partial charge in [-0.1, -0.05) is 19.3 Å². The number of nitrogens with one attached hydrogen (secondary N) is 1. The zero-order chi connectivity index (χ0) is 10.7. The average Bonchev–Trinajstić information content (AvgIpc) is 3.01. The van der Waals surface area contributed by atoms with Gasteiger partial charge in [-0.05, 0) is 31.6 Å². The number of hydrogen-bond donors (Lipinski definition) is 2. The summed E-state index contributed by atoms with van der Waals surface area (Å²) in [5, 5.41) is 3.11. The molecule has 0 radical (unpaired) electrons. The second kappa shape index (κ2) is 4.97. The minimum atomic E-state index is 0.105. The predicted octanol–water partition coefficient (Wildman–Crippen LogP) is 1.56. The van der Waals surface area contributed by atoms with Crippen molar-refractivity contribution >= 4 is 5.91 Å². The summed E-state index contributed by atoms with van der Waals surface area (Å²) in [6.07, 6.45) is 9.14. The van der Waals surface area contributed by atoms with Crippen LogP contribution < -0.4 is 11.1 Å². The maximum Gasteiger partial charge on any atom is 0.221 e. The van der Waals surface area contributed by atoms with Crippen molar-refractivity contribution in [2.45, 2.75) is 63.5 Å². The highest BCUT2D eigenvalue weighted by Gasteiger charge is 2.30. The van der Waals surface area contributed by atoms with Crippen LogP contribution in [0.4, 0.5) is 0 Å². The lowest BCUT2D eigenvalue weighted by molar-refractivity contribution is -0.122. The molecule has 2 saturated carbocycles. The van der Waals surface area contributed by atoms with Crippen LogP contribution in [0, 0.1) is 5.92 Å². The van der Waals surface area contributed by atoms with E-state index in [1.54, 1.807) is 0 Å². The zero-order valence-electron chi connectivity index (χ0n) is 9.37. The summed E-state index contributed by atoms with van der Waals surface area (Å²) < 4.78 is 0. The van der Waals surface area contributed by atoms with E-state index in [0.29, 0.717) is 18.4 Å². The van der Waals surface area contributed by atoms with E-state index in [2.05, 4.69) is 5.32 Å². The van der Waals surface area contributed by atoms with Gasteiger partial charge in [-0.2, -0.15) is 0 Å². The average molecular weight is 210 g/mol. The van der Waals surface area contributed by atoms with Crippen LogP contribution in [0.1, 0.15) is 51.4 Å². The molecule has 3 heteroatoms. The smallest absolute Gasteiger partial charge is 0.221 e. The van der Waals surface area contributed by atoms with Gasteiger partial charge < -0.3 is 11.1 Å². The largest absolute Gasteiger partial charge is 0.353 e. The molecular weight excluding hydrogens is 188 g/mol. The molecule has 15 heavy (non-hydrogen) atoms. The minimum absolute atomic E-state index is 0.105. The number of hydrogen-bond acceptors (Lipinski definition) is 2. The maximum atomic E-state index is 11.7. The summed E-state index contributed by atoms with van der Waals surface area (Å²) >= 11 is 0. The van der Waals surface area contributed by atoms with E-state index in [4.69, 9.17) is 5.73 Å². The fourth-order valence-electron chi connectivity index (χ4n) is 2.44. The number of carbonyl (C=O) groups excluding carboxylic acids is 1. The molecule has 0 aliphatic heterocycles. The topological polar surface area (TPSA) is 55.1 Å².